The third-order valence-corrected chi connectivity index (χ3v) is 4.50. The van der Waals surface area contributed by atoms with Crippen molar-refractivity contribution in [3.63, 3.8) is 0 Å². The molecule has 0 aromatic carbocycles. The quantitative estimate of drug-likeness (QED) is 0.654. The summed E-state index contributed by atoms with van der Waals surface area (Å²) in [5.41, 5.74) is 1.28. The van der Waals surface area contributed by atoms with Crippen LogP contribution >= 0.6 is 11.8 Å². The maximum atomic E-state index is 12.5. The standard InChI is InChI=1S/C13H16N4O3S/c1-21-12-14-5-8-6-17(11(18)10(8)15-12)9-3-2-4-16(7-9)13(19)20/h5,9H,2-4,6-7H2,1H3,(H,19,20). The van der Waals surface area contributed by atoms with Crippen molar-refractivity contribution in [2.24, 2.45) is 0 Å². The smallest absolute Gasteiger partial charge is 0.407 e. The Balaban J connectivity index is 1.79. The molecule has 8 heteroatoms. The average molecular weight is 308 g/mol. The van der Waals surface area contributed by atoms with Gasteiger partial charge in [0.05, 0.1) is 12.6 Å². The summed E-state index contributed by atoms with van der Waals surface area (Å²) in [6.07, 6.45) is 4.24. The number of carbonyl (C=O) groups is 2. The Bertz CT molecular complexity index is 595. The first kappa shape index (κ1) is 14.1. The van der Waals surface area contributed by atoms with Gasteiger partial charge in [-0.25, -0.2) is 14.8 Å². The number of likely N-dealkylation sites (tertiary alicyclic amines) is 1. The molecular formula is C13H16N4O3S. The summed E-state index contributed by atoms with van der Waals surface area (Å²) in [6, 6.07) is -0.0747. The molecule has 2 aliphatic heterocycles. The Labute approximate surface area is 126 Å². The van der Waals surface area contributed by atoms with Gasteiger partial charge >= 0.3 is 6.09 Å². The molecular weight excluding hydrogens is 292 g/mol. The van der Waals surface area contributed by atoms with E-state index >= 15 is 0 Å². The second-order valence-corrected chi connectivity index (χ2v) is 5.96. The van der Waals surface area contributed by atoms with E-state index in [2.05, 4.69) is 9.97 Å². The molecule has 1 N–H and O–H groups in total. The third kappa shape index (κ3) is 2.55. The normalized spacial score (nSPS) is 21.6. The number of thioether (sulfide) groups is 1. The maximum absolute atomic E-state index is 12.5. The van der Waals surface area contributed by atoms with E-state index in [4.69, 9.17) is 5.11 Å². The molecule has 21 heavy (non-hydrogen) atoms. The Hall–Kier alpha value is -1.83. The van der Waals surface area contributed by atoms with Crippen molar-refractivity contribution in [2.75, 3.05) is 19.3 Å². The Morgan fingerprint density at radius 1 is 1.52 bits per heavy atom. The SMILES string of the molecule is CSc1ncc2c(n1)C(=O)N(C1CCCN(C(=O)O)C1)C2. The van der Waals surface area contributed by atoms with Gasteiger partial charge in [0.2, 0.25) is 0 Å². The van der Waals surface area contributed by atoms with Crippen molar-refractivity contribution in [1.29, 1.82) is 0 Å². The van der Waals surface area contributed by atoms with Gasteiger partial charge in [-0.3, -0.25) is 4.79 Å². The molecule has 0 spiro atoms. The molecule has 3 rings (SSSR count). The first-order valence-electron chi connectivity index (χ1n) is 6.79. The minimum Gasteiger partial charge on any atom is -0.465 e. The van der Waals surface area contributed by atoms with Gasteiger partial charge in [0.15, 0.2) is 5.16 Å². The van der Waals surface area contributed by atoms with E-state index in [1.165, 1.54) is 16.7 Å². The van der Waals surface area contributed by atoms with Gasteiger partial charge < -0.3 is 14.9 Å². The summed E-state index contributed by atoms with van der Waals surface area (Å²) in [6.45, 7) is 1.38. The molecule has 0 bridgehead atoms. The summed E-state index contributed by atoms with van der Waals surface area (Å²) in [5, 5.41) is 9.69. The fraction of sp³-hybridized carbons (Fsp3) is 0.538. The highest BCUT2D eigenvalue weighted by Gasteiger charge is 2.37. The number of carbonyl (C=O) groups excluding carboxylic acids is 1. The number of aromatic nitrogens is 2. The van der Waals surface area contributed by atoms with Crippen LogP contribution in [0.2, 0.25) is 0 Å². The van der Waals surface area contributed by atoms with Gasteiger partial charge in [-0.05, 0) is 19.1 Å². The lowest BCUT2D eigenvalue weighted by atomic mass is 10.0. The number of carboxylic acid groups (broad SMARTS) is 1. The van der Waals surface area contributed by atoms with Crippen LogP contribution in [-0.2, 0) is 6.54 Å². The molecule has 1 atom stereocenters. The largest absolute Gasteiger partial charge is 0.465 e. The predicted octanol–water partition coefficient (Wildman–Crippen LogP) is 1.30. The molecule has 7 nitrogen and oxygen atoms in total. The van der Waals surface area contributed by atoms with Crippen LogP contribution in [0.3, 0.4) is 0 Å². The molecule has 1 fully saturated rings. The van der Waals surface area contributed by atoms with Crippen molar-refractivity contribution in [3.05, 3.63) is 17.5 Å². The first-order chi connectivity index (χ1) is 10.1. The number of fused-ring (bicyclic) bond motifs is 1. The minimum absolute atomic E-state index is 0.0747. The molecule has 2 aliphatic rings. The van der Waals surface area contributed by atoms with Gasteiger partial charge in [0.25, 0.3) is 5.91 Å². The zero-order valence-corrected chi connectivity index (χ0v) is 12.5. The van der Waals surface area contributed by atoms with Gasteiger partial charge in [0, 0.05) is 24.8 Å². The van der Waals surface area contributed by atoms with E-state index in [1.807, 2.05) is 6.26 Å². The molecule has 1 unspecified atom stereocenters. The fourth-order valence-corrected chi connectivity index (χ4v) is 3.20. The Kier molecular flexibility index (Phi) is 3.71. The molecule has 0 saturated carbocycles. The zero-order chi connectivity index (χ0) is 15.0. The summed E-state index contributed by atoms with van der Waals surface area (Å²) >= 11 is 1.40. The molecule has 3 heterocycles. The monoisotopic (exact) mass is 308 g/mol. The number of nitrogens with zero attached hydrogens (tertiary/aromatic N) is 4. The summed E-state index contributed by atoms with van der Waals surface area (Å²) in [5.74, 6) is -0.111. The van der Waals surface area contributed by atoms with Crippen LogP contribution in [0.15, 0.2) is 11.4 Å². The van der Waals surface area contributed by atoms with E-state index in [0.717, 1.165) is 18.4 Å². The molecule has 0 radical (unpaired) electrons. The highest BCUT2D eigenvalue weighted by Crippen LogP contribution is 2.27. The molecule has 112 valence electrons. The lowest BCUT2D eigenvalue weighted by molar-refractivity contribution is 0.0556. The van der Waals surface area contributed by atoms with E-state index in [-0.39, 0.29) is 11.9 Å². The van der Waals surface area contributed by atoms with E-state index in [1.54, 1.807) is 11.1 Å². The maximum Gasteiger partial charge on any atom is 0.407 e. The van der Waals surface area contributed by atoms with Gasteiger partial charge in [-0.2, -0.15) is 0 Å². The van der Waals surface area contributed by atoms with E-state index < -0.39 is 6.09 Å². The topological polar surface area (TPSA) is 86.6 Å². The molecule has 1 aromatic rings. The molecule has 1 saturated heterocycles. The van der Waals surface area contributed by atoms with Crippen molar-refractivity contribution in [2.45, 2.75) is 30.6 Å². The molecule has 0 aliphatic carbocycles. The van der Waals surface area contributed by atoms with Gasteiger partial charge in [0.1, 0.15) is 5.69 Å². The Morgan fingerprint density at radius 2 is 2.33 bits per heavy atom. The van der Waals surface area contributed by atoms with Crippen LogP contribution in [0.25, 0.3) is 0 Å². The highest BCUT2D eigenvalue weighted by molar-refractivity contribution is 7.98. The predicted molar refractivity (Wildman–Crippen MR) is 76.3 cm³/mol. The first-order valence-corrected chi connectivity index (χ1v) is 8.01. The number of hydrogen-bond acceptors (Lipinski definition) is 5. The van der Waals surface area contributed by atoms with E-state index in [0.29, 0.717) is 30.5 Å². The zero-order valence-electron chi connectivity index (χ0n) is 11.7. The molecule has 1 aromatic heterocycles. The van der Waals surface area contributed by atoms with Crippen LogP contribution in [0.5, 0.6) is 0 Å². The minimum atomic E-state index is -0.923. The highest BCUT2D eigenvalue weighted by atomic mass is 32.2. The van der Waals surface area contributed by atoms with Crippen LogP contribution in [-0.4, -0.2) is 62.3 Å². The average Bonchev–Trinajstić information content (AvgIpc) is 2.84. The van der Waals surface area contributed by atoms with E-state index in [9.17, 15) is 9.59 Å². The number of piperidine rings is 1. The van der Waals surface area contributed by atoms with Crippen molar-refractivity contribution in [3.8, 4) is 0 Å². The van der Waals surface area contributed by atoms with Crippen molar-refractivity contribution >= 4 is 23.8 Å². The van der Waals surface area contributed by atoms with Crippen molar-refractivity contribution < 1.29 is 14.7 Å². The van der Waals surface area contributed by atoms with Crippen LogP contribution < -0.4 is 0 Å². The second kappa shape index (κ2) is 5.51. The third-order valence-electron chi connectivity index (χ3n) is 3.94. The van der Waals surface area contributed by atoms with Gasteiger partial charge in [-0.15, -0.1) is 0 Å². The van der Waals surface area contributed by atoms with Gasteiger partial charge in [-0.1, -0.05) is 11.8 Å². The lowest BCUT2D eigenvalue weighted by Gasteiger charge is -2.36. The van der Waals surface area contributed by atoms with Crippen LogP contribution in [0.1, 0.15) is 28.9 Å². The summed E-state index contributed by atoms with van der Waals surface area (Å²) in [4.78, 5) is 35.2. The number of hydrogen-bond donors (Lipinski definition) is 1. The number of rotatable bonds is 2. The van der Waals surface area contributed by atoms with Crippen molar-refractivity contribution in [1.82, 2.24) is 19.8 Å². The lowest BCUT2D eigenvalue weighted by Crippen LogP contribution is -2.49. The van der Waals surface area contributed by atoms with Crippen LogP contribution in [0, 0.1) is 0 Å². The fourth-order valence-electron chi connectivity index (χ4n) is 2.86. The molecule has 2 amide bonds. The summed E-state index contributed by atoms with van der Waals surface area (Å²) < 4.78 is 0. The van der Waals surface area contributed by atoms with Crippen LogP contribution in [0.4, 0.5) is 4.79 Å². The number of amides is 2. The second-order valence-electron chi connectivity index (χ2n) is 5.19. The Morgan fingerprint density at radius 3 is 3.05 bits per heavy atom. The summed E-state index contributed by atoms with van der Waals surface area (Å²) in [7, 11) is 0.